The molecular weight excluding hydrogens is 288 g/mol. The molecule has 0 aromatic carbocycles. The Morgan fingerprint density at radius 1 is 1.06 bits per heavy atom. The topological polar surface area (TPSA) is 9.23 Å². The Morgan fingerprint density at radius 3 is 2.17 bits per heavy atom. The number of hydrogen-bond acceptors (Lipinski definition) is 1. The van der Waals surface area contributed by atoms with Crippen molar-refractivity contribution in [2.45, 2.75) is 71.6 Å². The van der Waals surface area contributed by atoms with E-state index in [4.69, 9.17) is 4.74 Å². The van der Waals surface area contributed by atoms with Crippen LogP contribution in [-0.4, -0.2) is 18.5 Å². The van der Waals surface area contributed by atoms with Gasteiger partial charge in [0.15, 0.2) is 0 Å². The van der Waals surface area contributed by atoms with Crippen LogP contribution in [0.1, 0.15) is 71.6 Å². The molecule has 0 N–H and O–H groups in total. The molecular formula is C16H31BrO. The van der Waals surface area contributed by atoms with Gasteiger partial charge in [-0.2, -0.15) is 0 Å². The highest BCUT2D eigenvalue weighted by Gasteiger charge is 2.28. The molecule has 0 bridgehead atoms. The molecule has 0 amide bonds. The van der Waals surface area contributed by atoms with Crippen LogP contribution < -0.4 is 0 Å². The SMILES string of the molecule is CCCC(CBr)(CCC)COCC1CCCCC1. The lowest BCUT2D eigenvalue weighted by Crippen LogP contribution is -2.30. The summed E-state index contributed by atoms with van der Waals surface area (Å²) in [5.41, 5.74) is 0.387. The number of alkyl halides is 1. The average Bonchev–Trinajstić information content (AvgIpc) is 2.40. The summed E-state index contributed by atoms with van der Waals surface area (Å²) >= 11 is 3.72. The van der Waals surface area contributed by atoms with Crippen molar-refractivity contribution >= 4 is 15.9 Å². The summed E-state index contributed by atoms with van der Waals surface area (Å²) in [5, 5.41) is 1.09. The van der Waals surface area contributed by atoms with Crippen LogP contribution in [0.15, 0.2) is 0 Å². The number of rotatable bonds is 9. The van der Waals surface area contributed by atoms with E-state index in [1.54, 1.807) is 0 Å². The Kier molecular flexibility index (Phi) is 8.58. The third kappa shape index (κ3) is 5.61. The predicted octanol–water partition coefficient (Wildman–Crippen LogP) is 5.56. The Balaban J connectivity index is 2.30. The predicted molar refractivity (Wildman–Crippen MR) is 83.4 cm³/mol. The first-order chi connectivity index (χ1) is 8.76. The molecule has 108 valence electrons. The van der Waals surface area contributed by atoms with Gasteiger partial charge in [0.05, 0.1) is 6.61 Å². The molecule has 0 saturated heterocycles. The highest BCUT2D eigenvalue weighted by Crippen LogP contribution is 2.33. The van der Waals surface area contributed by atoms with E-state index in [0.717, 1.165) is 24.5 Å². The van der Waals surface area contributed by atoms with Crippen LogP contribution in [0.3, 0.4) is 0 Å². The summed E-state index contributed by atoms with van der Waals surface area (Å²) in [6, 6.07) is 0. The quantitative estimate of drug-likeness (QED) is 0.505. The highest BCUT2D eigenvalue weighted by molar-refractivity contribution is 9.09. The van der Waals surface area contributed by atoms with Crippen molar-refractivity contribution in [3.8, 4) is 0 Å². The molecule has 0 aromatic rings. The maximum absolute atomic E-state index is 6.10. The zero-order valence-electron chi connectivity index (χ0n) is 12.3. The molecule has 1 aliphatic rings. The van der Waals surface area contributed by atoms with Crippen molar-refractivity contribution in [1.29, 1.82) is 0 Å². The van der Waals surface area contributed by atoms with Crippen LogP contribution in [-0.2, 0) is 4.74 Å². The third-order valence-corrected chi connectivity index (χ3v) is 5.52. The zero-order valence-corrected chi connectivity index (χ0v) is 13.9. The summed E-state index contributed by atoms with van der Waals surface area (Å²) in [7, 11) is 0. The second kappa shape index (κ2) is 9.36. The fraction of sp³-hybridized carbons (Fsp3) is 1.00. The summed E-state index contributed by atoms with van der Waals surface area (Å²) in [6.07, 6.45) is 12.2. The Bertz CT molecular complexity index is 193. The summed E-state index contributed by atoms with van der Waals surface area (Å²) in [5.74, 6) is 0.843. The molecule has 1 rings (SSSR count). The minimum absolute atomic E-state index is 0.387. The zero-order chi connectivity index (χ0) is 13.3. The van der Waals surface area contributed by atoms with Gasteiger partial charge < -0.3 is 4.74 Å². The molecule has 18 heavy (non-hydrogen) atoms. The normalized spacial score (nSPS) is 18.2. The van der Waals surface area contributed by atoms with Gasteiger partial charge in [0.2, 0.25) is 0 Å². The summed E-state index contributed by atoms with van der Waals surface area (Å²) in [4.78, 5) is 0. The fourth-order valence-corrected chi connectivity index (χ4v) is 4.02. The first-order valence-corrected chi connectivity index (χ1v) is 9.02. The van der Waals surface area contributed by atoms with Crippen LogP contribution >= 0.6 is 15.9 Å². The van der Waals surface area contributed by atoms with Gasteiger partial charge in [0, 0.05) is 17.4 Å². The fourth-order valence-electron chi connectivity index (χ4n) is 3.30. The second-order valence-electron chi connectivity index (χ2n) is 6.15. The van der Waals surface area contributed by atoms with Gasteiger partial charge in [-0.15, -0.1) is 0 Å². The summed E-state index contributed by atoms with van der Waals surface area (Å²) < 4.78 is 6.10. The van der Waals surface area contributed by atoms with Crippen molar-refractivity contribution in [2.24, 2.45) is 11.3 Å². The molecule has 0 radical (unpaired) electrons. The van der Waals surface area contributed by atoms with Crippen LogP contribution in [0.5, 0.6) is 0 Å². The maximum Gasteiger partial charge on any atom is 0.0530 e. The van der Waals surface area contributed by atoms with E-state index < -0.39 is 0 Å². The van der Waals surface area contributed by atoms with E-state index in [9.17, 15) is 0 Å². The Hall–Kier alpha value is 0.440. The number of halogens is 1. The molecule has 2 heteroatoms. The van der Waals surface area contributed by atoms with Crippen LogP contribution in [0.25, 0.3) is 0 Å². The Morgan fingerprint density at radius 2 is 1.67 bits per heavy atom. The van der Waals surface area contributed by atoms with Crippen molar-refractivity contribution in [3.63, 3.8) is 0 Å². The molecule has 0 heterocycles. The van der Waals surface area contributed by atoms with Crippen molar-refractivity contribution in [3.05, 3.63) is 0 Å². The van der Waals surface area contributed by atoms with Gasteiger partial charge in [-0.3, -0.25) is 0 Å². The van der Waals surface area contributed by atoms with E-state index >= 15 is 0 Å². The van der Waals surface area contributed by atoms with Gasteiger partial charge in [-0.05, 0) is 31.6 Å². The first kappa shape index (κ1) is 16.5. The summed E-state index contributed by atoms with van der Waals surface area (Å²) in [6.45, 7) is 6.53. The molecule has 0 unspecified atom stereocenters. The standard InChI is InChI=1S/C16H31BrO/c1-3-10-16(13-17,11-4-2)14-18-12-15-8-6-5-7-9-15/h15H,3-14H2,1-2H3. The van der Waals surface area contributed by atoms with Gasteiger partial charge in [-0.25, -0.2) is 0 Å². The largest absolute Gasteiger partial charge is 0.381 e. The lowest BCUT2D eigenvalue weighted by molar-refractivity contribution is 0.0196. The smallest absolute Gasteiger partial charge is 0.0530 e. The van der Waals surface area contributed by atoms with Gasteiger partial charge in [-0.1, -0.05) is 61.9 Å². The van der Waals surface area contributed by atoms with Gasteiger partial charge in [0.1, 0.15) is 0 Å². The van der Waals surface area contributed by atoms with Crippen molar-refractivity contribution in [1.82, 2.24) is 0 Å². The highest BCUT2D eigenvalue weighted by atomic mass is 79.9. The van der Waals surface area contributed by atoms with E-state index in [2.05, 4.69) is 29.8 Å². The molecule has 1 nitrogen and oxygen atoms in total. The monoisotopic (exact) mass is 318 g/mol. The number of ether oxygens (including phenoxy) is 1. The van der Waals surface area contributed by atoms with E-state index in [1.807, 2.05) is 0 Å². The molecule has 1 saturated carbocycles. The van der Waals surface area contributed by atoms with Crippen molar-refractivity contribution < 1.29 is 4.74 Å². The maximum atomic E-state index is 6.10. The molecule has 0 spiro atoms. The third-order valence-electron chi connectivity index (χ3n) is 4.33. The average molecular weight is 319 g/mol. The van der Waals surface area contributed by atoms with Crippen LogP contribution in [0.2, 0.25) is 0 Å². The lowest BCUT2D eigenvalue weighted by atomic mass is 9.82. The first-order valence-electron chi connectivity index (χ1n) is 7.90. The van der Waals surface area contributed by atoms with Crippen LogP contribution in [0, 0.1) is 11.3 Å². The lowest BCUT2D eigenvalue weighted by Gasteiger charge is -2.32. The molecule has 0 aliphatic heterocycles. The Labute approximate surface area is 122 Å². The van der Waals surface area contributed by atoms with E-state index in [0.29, 0.717) is 5.41 Å². The minimum Gasteiger partial charge on any atom is -0.381 e. The molecule has 1 fully saturated rings. The van der Waals surface area contributed by atoms with Gasteiger partial charge >= 0.3 is 0 Å². The van der Waals surface area contributed by atoms with Crippen molar-refractivity contribution in [2.75, 3.05) is 18.5 Å². The van der Waals surface area contributed by atoms with Crippen LogP contribution in [0.4, 0.5) is 0 Å². The number of hydrogen-bond donors (Lipinski definition) is 0. The molecule has 0 aromatic heterocycles. The molecule has 0 atom stereocenters. The molecule has 1 aliphatic carbocycles. The van der Waals surface area contributed by atoms with E-state index in [-0.39, 0.29) is 0 Å². The second-order valence-corrected chi connectivity index (χ2v) is 6.71. The van der Waals surface area contributed by atoms with Gasteiger partial charge in [0.25, 0.3) is 0 Å². The van der Waals surface area contributed by atoms with E-state index in [1.165, 1.54) is 57.8 Å². The minimum atomic E-state index is 0.387.